The van der Waals surface area contributed by atoms with Gasteiger partial charge in [0.2, 0.25) is 0 Å². The summed E-state index contributed by atoms with van der Waals surface area (Å²) in [6.45, 7) is 2.42. The van der Waals surface area contributed by atoms with E-state index in [1.165, 1.54) is 0 Å². The smallest absolute Gasteiger partial charge is 0.0856 e. The molecule has 3 rings (SSSR count). The van der Waals surface area contributed by atoms with Gasteiger partial charge in [-0.05, 0) is 23.3 Å². The van der Waals surface area contributed by atoms with Gasteiger partial charge in [-0.15, -0.1) is 11.6 Å². The summed E-state index contributed by atoms with van der Waals surface area (Å²) in [5.41, 5.74) is 2.26. The first kappa shape index (κ1) is 13.8. The van der Waals surface area contributed by atoms with Gasteiger partial charge in [0.05, 0.1) is 10.8 Å². The van der Waals surface area contributed by atoms with Crippen molar-refractivity contribution in [2.45, 2.75) is 22.9 Å². The zero-order valence-electron chi connectivity index (χ0n) is 11.1. The summed E-state index contributed by atoms with van der Waals surface area (Å²) in [5, 5.41) is 0. The lowest BCUT2D eigenvalue weighted by atomic mass is 10.1. The van der Waals surface area contributed by atoms with Crippen LogP contribution in [0.2, 0.25) is 0 Å². The molecule has 0 bridgehead atoms. The molecule has 0 radical (unpaired) electrons. The number of hydrogen-bond donors (Lipinski definition) is 0. The molecule has 1 aliphatic heterocycles. The van der Waals surface area contributed by atoms with Crippen LogP contribution in [0, 0.1) is 0 Å². The molecular formula is C16H16ClNOS. The van der Waals surface area contributed by atoms with Crippen molar-refractivity contribution in [2.75, 3.05) is 12.4 Å². The summed E-state index contributed by atoms with van der Waals surface area (Å²) >= 11 is 5.91. The number of rotatable bonds is 2. The molecule has 0 saturated carbocycles. The number of benzene rings is 2. The van der Waals surface area contributed by atoms with Crippen LogP contribution in [-0.4, -0.2) is 21.5 Å². The lowest BCUT2D eigenvalue weighted by Crippen LogP contribution is -2.27. The van der Waals surface area contributed by atoms with Crippen molar-refractivity contribution in [3.63, 3.8) is 0 Å². The lowest BCUT2D eigenvalue weighted by molar-refractivity contribution is 0.268. The quantitative estimate of drug-likeness (QED) is 0.793. The fraction of sp³-hybridized carbons (Fsp3) is 0.250. The predicted molar refractivity (Wildman–Crippen MR) is 82.4 cm³/mol. The molecule has 0 N–H and O–H groups in total. The van der Waals surface area contributed by atoms with E-state index in [0.717, 1.165) is 40.6 Å². The molecule has 2 aromatic carbocycles. The van der Waals surface area contributed by atoms with Crippen LogP contribution in [0.3, 0.4) is 0 Å². The van der Waals surface area contributed by atoms with Crippen molar-refractivity contribution in [1.82, 2.24) is 4.90 Å². The first-order chi connectivity index (χ1) is 9.79. The third-order valence-electron chi connectivity index (χ3n) is 3.53. The molecule has 1 heterocycles. The molecule has 104 valence electrons. The lowest BCUT2D eigenvalue weighted by Gasteiger charge is -2.26. The second kappa shape index (κ2) is 6.08. The molecular weight excluding hydrogens is 290 g/mol. The highest BCUT2D eigenvalue weighted by molar-refractivity contribution is 7.85. The first-order valence-electron chi connectivity index (χ1n) is 6.65. The first-order valence-corrected chi connectivity index (χ1v) is 8.34. The molecule has 2 aromatic rings. The number of hydrogen-bond acceptors (Lipinski definition) is 2. The normalized spacial score (nSPS) is 16.1. The van der Waals surface area contributed by atoms with Crippen LogP contribution < -0.4 is 0 Å². The summed E-state index contributed by atoms with van der Waals surface area (Å²) < 4.78 is 12.8. The maximum atomic E-state index is 12.8. The van der Waals surface area contributed by atoms with Gasteiger partial charge in [0, 0.05) is 35.3 Å². The van der Waals surface area contributed by atoms with Gasteiger partial charge in [0.1, 0.15) is 0 Å². The third kappa shape index (κ3) is 2.66. The highest BCUT2D eigenvalue weighted by Crippen LogP contribution is 2.28. The predicted octanol–water partition coefficient (Wildman–Crippen LogP) is 3.41. The summed E-state index contributed by atoms with van der Waals surface area (Å²) in [6.07, 6.45) is 0. The van der Waals surface area contributed by atoms with Gasteiger partial charge in [-0.1, -0.05) is 36.4 Å². The Kier molecular flexibility index (Phi) is 4.20. The maximum Gasteiger partial charge on any atom is 0.0856 e. The minimum atomic E-state index is -1.10. The van der Waals surface area contributed by atoms with E-state index >= 15 is 0 Å². The summed E-state index contributed by atoms with van der Waals surface area (Å²) in [5.74, 6) is 0.605. The van der Waals surface area contributed by atoms with Gasteiger partial charge in [0.25, 0.3) is 0 Å². The zero-order chi connectivity index (χ0) is 13.9. The van der Waals surface area contributed by atoms with Crippen LogP contribution in [-0.2, 0) is 23.9 Å². The fourth-order valence-corrected chi connectivity index (χ4v) is 4.19. The standard InChI is InChI=1S/C16H16ClNOS/c17-9-10-18-11-13-5-1-3-7-15(13)20(19)16-8-4-2-6-14(16)12-18/h1-8H,9-12H2. The molecule has 2 nitrogen and oxygen atoms in total. The van der Waals surface area contributed by atoms with E-state index < -0.39 is 10.8 Å². The second-order valence-corrected chi connectivity index (χ2v) is 6.68. The second-order valence-electron chi connectivity index (χ2n) is 4.88. The van der Waals surface area contributed by atoms with Crippen LogP contribution >= 0.6 is 11.6 Å². The van der Waals surface area contributed by atoms with Crippen LogP contribution in [0.4, 0.5) is 0 Å². The largest absolute Gasteiger partial charge is 0.294 e. The van der Waals surface area contributed by atoms with Gasteiger partial charge in [-0.2, -0.15) is 0 Å². The number of alkyl halides is 1. The van der Waals surface area contributed by atoms with Crippen molar-refractivity contribution >= 4 is 22.4 Å². The van der Waals surface area contributed by atoms with Crippen molar-refractivity contribution in [3.05, 3.63) is 59.7 Å². The van der Waals surface area contributed by atoms with Crippen molar-refractivity contribution in [2.24, 2.45) is 0 Å². The van der Waals surface area contributed by atoms with Crippen LogP contribution in [0.5, 0.6) is 0 Å². The molecule has 0 aliphatic carbocycles. The minimum absolute atomic E-state index is 0.605. The Balaban J connectivity index is 2.12. The Morgan fingerprint density at radius 2 is 1.45 bits per heavy atom. The zero-order valence-corrected chi connectivity index (χ0v) is 12.7. The van der Waals surface area contributed by atoms with E-state index in [9.17, 15) is 4.21 Å². The molecule has 0 atom stereocenters. The summed E-state index contributed by atoms with van der Waals surface area (Å²) in [4.78, 5) is 4.14. The fourth-order valence-electron chi connectivity index (χ4n) is 2.56. The molecule has 0 aromatic heterocycles. The molecule has 20 heavy (non-hydrogen) atoms. The SMILES string of the molecule is O=S1c2ccccc2CN(CCCl)Cc2ccccc21. The average Bonchev–Trinajstić information content (AvgIpc) is 2.47. The van der Waals surface area contributed by atoms with E-state index in [0.29, 0.717) is 5.88 Å². The Bertz CT molecular complexity index is 592. The third-order valence-corrected chi connectivity index (χ3v) is 5.30. The van der Waals surface area contributed by atoms with E-state index in [4.69, 9.17) is 11.6 Å². The van der Waals surface area contributed by atoms with Crippen molar-refractivity contribution in [1.29, 1.82) is 0 Å². The van der Waals surface area contributed by atoms with Gasteiger partial charge in [-0.25, -0.2) is 4.21 Å². The summed E-state index contributed by atoms with van der Waals surface area (Å²) in [6, 6.07) is 16.0. The number of halogens is 1. The molecule has 0 saturated heterocycles. The summed E-state index contributed by atoms with van der Waals surface area (Å²) in [7, 11) is -1.10. The molecule has 4 heteroatoms. The Morgan fingerprint density at radius 3 is 1.95 bits per heavy atom. The van der Waals surface area contributed by atoms with E-state index in [2.05, 4.69) is 17.0 Å². The van der Waals surface area contributed by atoms with Gasteiger partial charge >= 0.3 is 0 Å². The molecule has 1 aliphatic rings. The number of nitrogens with zero attached hydrogens (tertiary/aromatic N) is 1. The van der Waals surface area contributed by atoms with Crippen molar-refractivity contribution in [3.8, 4) is 0 Å². The Labute approximate surface area is 126 Å². The van der Waals surface area contributed by atoms with Crippen LogP contribution in [0.25, 0.3) is 0 Å². The van der Waals surface area contributed by atoms with E-state index in [1.807, 2.05) is 36.4 Å². The minimum Gasteiger partial charge on any atom is -0.294 e. The average molecular weight is 306 g/mol. The van der Waals surface area contributed by atoms with Gasteiger partial charge in [-0.3, -0.25) is 4.90 Å². The van der Waals surface area contributed by atoms with Gasteiger partial charge < -0.3 is 0 Å². The van der Waals surface area contributed by atoms with E-state index in [-0.39, 0.29) is 0 Å². The maximum absolute atomic E-state index is 12.8. The molecule has 0 unspecified atom stereocenters. The van der Waals surface area contributed by atoms with Gasteiger partial charge in [0.15, 0.2) is 0 Å². The molecule has 0 amide bonds. The van der Waals surface area contributed by atoms with Crippen LogP contribution in [0.1, 0.15) is 11.1 Å². The molecule has 0 fully saturated rings. The highest BCUT2D eigenvalue weighted by Gasteiger charge is 2.21. The topological polar surface area (TPSA) is 20.3 Å². The molecule has 0 spiro atoms. The Hall–Kier alpha value is -1.16. The number of fused-ring (bicyclic) bond motifs is 2. The van der Waals surface area contributed by atoms with E-state index in [1.54, 1.807) is 0 Å². The monoisotopic (exact) mass is 305 g/mol. The Morgan fingerprint density at radius 1 is 0.950 bits per heavy atom. The van der Waals surface area contributed by atoms with Crippen molar-refractivity contribution < 1.29 is 4.21 Å². The highest BCUT2D eigenvalue weighted by atomic mass is 35.5. The van der Waals surface area contributed by atoms with Crippen LogP contribution in [0.15, 0.2) is 58.3 Å².